The van der Waals surface area contributed by atoms with E-state index >= 15 is 0 Å². The van der Waals surface area contributed by atoms with Gasteiger partial charge in [0.1, 0.15) is 5.75 Å². The summed E-state index contributed by atoms with van der Waals surface area (Å²) in [7, 11) is 0. The first kappa shape index (κ1) is 24.7. The number of ether oxygens (including phenoxy) is 1. The Morgan fingerprint density at radius 3 is 2.71 bits per heavy atom. The second kappa shape index (κ2) is 10.3. The number of hydrogen-bond donors (Lipinski definition) is 0. The summed E-state index contributed by atoms with van der Waals surface area (Å²) in [5.41, 5.74) is 2.02. The van der Waals surface area contributed by atoms with Crippen molar-refractivity contribution in [3.63, 3.8) is 0 Å². The van der Waals surface area contributed by atoms with Crippen LogP contribution in [-0.2, 0) is 102 Å². The minimum Gasteiger partial charge on any atom is -0.594 e. The van der Waals surface area contributed by atoms with Crippen LogP contribution >= 0.6 is 11.3 Å². The van der Waals surface area contributed by atoms with E-state index in [-0.39, 0.29) is 102 Å². The zero-order valence-electron chi connectivity index (χ0n) is 11.1. The van der Waals surface area contributed by atoms with E-state index in [0.29, 0.717) is 18.7 Å². The molecule has 21 heavy (non-hydrogen) atoms. The average molecular weight is 887 g/mol. The Hall–Kier alpha value is 1.42. The molecule has 3 rings (SSSR count). The van der Waals surface area contributed by atoms with Crippen molar-refractivity contribution in [3.05, 3.63) is 29.1 Å². The first-order valence-electron chi connectivity index (χ1n) is 5.29. The third-order valence-electron chi connectivity index (χ3n) is 2.73. The molecule has 2 aromatic rings. The molecule has 0 saturated heterocycles. The molecule has 0 fully saturated rings. The molecule has 0 atom stereocenters. The maximum atomic E-state index is 11.4. The van der Waals surface area contributed by atoms with Crippen molar-refractivity contribution in [1.82, 2.24) is 10.2 Å². The van der Waals surface area contributed by atoms with Crippen LogP contribution in [-0.4, -0.2) is 17.5 Å². The van der Waals surface area contributed by atoms with E-state index in [1.807, 2.05) is 13.0 Å². The summed E-state index contributed by atoms with van der Waals surface area (Å²) in [5, 5.41) is 8.05. The Kier molecular flexibility index (Phi) is 12.1. The molecule has 9 heteroatoms. The van der Waals surface area contributed by atoms with Gasteiger partial charge in [-0.1, -0.05) is 5.69 Å². The second-order valence-corrected chi connectivity index (χ2v) is 5.20. The van der Waals surface area contributed by atoms with Gasteiger partial charge in [-0.25, -0.2) is 0 Å². The number of Topliss-reactive ketones (excluding diaryl/α,β-unsaturated/α-hetero) is 1. The van der Waals surface area contributed by atoms with E-state index in [1.54, 1.807) is 11.3 Å². The predicted octanol–water partition coefficient (Wildman–Crippen LogP) is 2.02. The van der Waals surface area contributed by atoms with Crippen molar-refractivity contribution < 1.29 is 105 Å². The number of thiophene rings is 1. The van der Waals surface area contributed by atoms with Gasteiger partial charge in [0.25, 0.3) is 0 Å². The van der Waals surface area contributed by atoms with Crippen LogP contribution in [0.4, 0.5) is 0 Å². The van der Waals surface area contributed by atoms with Crippen molar-refractivity contribution in [2.24, 2.45) is 0 Å². The third-order valence-corrected chi connectivity index (χ3v) is 3.77. The molecule has 0 amide bonds. The second-order valence-electron chi connectivity index (χ2n) is 3.95. The Bertz CT molecular complexity index is 616. The van der Waals surface area contributed by atoms with Gasteiger partial charge < -0.3 is 19.7 Å². The Balaban J connectivity index is 0. The number of aryl methyl sites for hydroxylation is 1. The van der Waals surface area contributed by atoms with Crippen LogP contribution in [0.15, 0.2) is 6.07 Å². The average Bonchev–Trinajstić information content (AvgIpc) is 2.79. The number of hydrogen-bond acceptors (Lipinski definition) is 4. The normalized spacial score (nSPS) is 10.9. The fraction of sp³-hybridized carbons (Fsp3) is 0.250. The summed E-state index contributed by atoms with van der Waals surface area (Å²) in [6, 6.07) is 2.00. The summed E-state index contributed by atoms with van der Waals surface area (Å²) in [6.07, 6.45) is 0.652. The van der Waals surface area contributed by atoms with Gasteiger partial charge in [0.05, 0.1) is 11.5 Å². The van der Waals surface area contributed by atoms with Crippen LogP contribution < -0.4 is 9.84 Å². The van der Waals surface area contributed by atoms with E-state index < -0.39 is 0 Å². The Labute approximate surface area is 195 Å². The Morgan fingerprint density at radius 2 is 2.10 bits per heavy atom. The van der Waals surface area contributed by atoms with Crippen molar-refractivity contribution in [3.8, 4) is 16.3 Å². The first-order valence-corrected chi connectivity index (χ1v) is 6.10. The zero-order chi connectivity index (χ0) is 12.0. The van der Waals surface area contributed by atoms with Crippen LogP contribution in [0.1, 0.15) is 20.9 Å². The largest absolute Gasteiger partial charge is 0.594 e. The summed E-state index contributed by atoms with van der Waals surface area (Å²) >= 11 is 1.61. The van der Waals surface area contributed by atoms with Crippen LogP contribution in [0.25, 0.3) is 10.6 Å². The molecule has 109 valence electrons. The predicted molar refractivity (Wildman–Crippen MR) is 64.5 cm³/mol. The van der Waals surface area contributed by atoms with Gasteiger partial charge in [-0.3, -0.25) is 0 Å². The molecule has 3 heterocycles. The molecule has 1 aliphatic rings. The van der Waals surface area contributed by atoms with Crippen LogP contribution in [0.2, 0.25) is 0 Å². The third kappa shape index (κ3) is 4.94. The Morgan fingerprint density at radius 1 is 1.43 bits per heavy atom. The van der Waals surface area contributed by atoms with Gasteiger partial charge in [0.15, 0.2) is 0 Å². The van der Waals surface area contributed by atoms with Gasteiger partial charge in [-0.2, -0.15) is 6.92 Å². The van der Waals surface area contributed by atoms with Gasteiger partial charge in [-0.15, -0.1) is 22.6 Å². The van der Waals surface area contributed by atoms with Crippen molar-refractivity contribution in [2.45, 2.75) is 13.3 Å². The molecule has 0 bridgehead atoms. The van der Waals surface area contributed by atoms with E-state index in [4.69, 9.17) is 4.74 Å². The molecule has 0 saturated carbocycles. The molecule has 1 aliphatic heterocycles. The van der Waals surface area contributed by atoms with E-state index in [9.17, 15) is 4.79 Å². The maximum absolute atomic E-state index is 11.4. The van der Waals surface area contributed by atoms with Crippen LogP contribution in [0.5, 0.6) is 5.75 Å². The fourth-order valence-corrected chi connectivity index (χ4v) is 2.97. The van der Waals surface area contributed by atoms with Crippen molar-refractivity contribution in [2.75, 3.05) is 6.61 Å². The molecule has 1 radical (unpaired) electrons. The molecule has 0 unspecified atom stereocenters. The van der Waals surface area contributed by atoms with E-state index in [2.05, 4.69) is 17.1 Å². The SMILES string of the molecule is [CH2-]C(=O)c1n[n-]c2c1CCOc1cc(C)sc1-2.[W].[W].[W].[Y]. The van der Waals surface area contributed by atoms with Crippen LogP contribution in [0.3, 0.4) is 0 Å². The number of aromatic nitrogens is 2. The quantitative estimate of drug-likeness (QED) is 0.326. The molecular formula is C12H10N2O2SW3Y-2. The first-order chi connectivity index (χ1) is 8.16. The topological polar surface area (TPSA) is 53.3 Å². The summed E-state index contributed by atoms with van der Waals surface area (Å²) in [4.78, 5) is 13.5. The molecule has 0 aliphatic carbocycles. The van der Waals surface area contributed by atoms with E-state index in [1.165, 1.54) is 0 Å². The molecule has 2 aromatic heterocycles. The standard InChI is InChI=1S/C12H11N2O2S.3W.Y/c1-6-5-9-12(17-6)11-8(3-4-16-9)10(7(2)15)13-14-11;;;;/h5H,2-4H2,1H3,(H,13,14,15);;;;/q-1;;;;/p-1. The minimum atomic E-state index is -0.282. The number of nitrogens with zero attached hydrogens (tertiary/aromatic N) is 2. The molecule has 4 nitrogen and oxygen atoms in total. The summed E-state index contributed by atoms with van der Waals surface area (Å²) in [6.45, 7) is 5.97. The maximum Gasteiger partial charge on any atom is 0.136 e. The number of carbonyl (C=O) groups excluding carboxylic acids is 1. The monoisotopic (exact) mass is 887 g/mol. The molecule has 0 aromatic carbocycles. The molecule has 0 spiro atoms. The number of carbonyl (C=O) groups is 1. The summed E-state index contributed by atoms with van der Waals surface area (Å²) < 4.78 is 5.66. The fourth-order valence-electron chi connectivity index (χ4n) is 2.00. The number of fused-ring (bicyclic) bond motifs is 3. The van der Waals surface area contributed by atoms with Crippen molar-refractivity contribution >= 4 is 17.1 Å². The smallest absolute Gasteiger partial charge is 0.136 e. The van der Waals surface area contributed by atoms with Gasteiger partial charge in [-0.05, 0) is 19.4 Å². The van der Waals surface area contributed by atoms with Crippen molar-refractivity contribution in [1.29, 1.82) is 0 Å². The van der Waals surface area contributed by atoms with Gasteiger partial charge in [0, 0.05) is 107 Å². The van der Waals surface area contributed by atoms with E-state index in [0.717, 1.165) is 26.8 Å². The van der Waals surface area contributed by atoms with Crippen LogP contribution in [0, 0.1) is 13.8 Å². The number of ketones is 1. The summed E-state index contributed by atoms with van der Waals surface area (Å²) in [5.74, 6) is 0.560. The molecular weight excluding hydrogens is 877 g/mol. The number of rotatable bonds is 1. The molecule has 0 N–H and O–H groups in total. The minimum absolute atomic E-state index is 0. The zero-order valence-corrected chi connectivity index (χ0v) is 23.6. The van der Waals surface area contributed by atoms with Gasteiger partial charge >= 0.3 is 0 Å². The van der Waals surface area contributed by atoms with Gasteiger partial charge in [0.2, 0.25) is 0 Å².